The second kappa shape index (κ2) is 14.2. The summed E-state index contributed by atoms with van der Waals surface area (Å²) in [5, 5.41) is 35.3. The van der Waals surface area contributed by atoms with Gasteiger partial charge in [-0.05, 0) is 5.92 Å². The van der Waals surface area contributed by atoms with E-state index in [-0.39, 0.29) is 6.29 Å². The Morgan fingerprint density at radius 3 is 1.50 bits per heavy atom. The van der Waals surface area contributed by atoms with E-state index in [0.29, 0.717) is 0 Å². The molecular weight excluding hydrogens is 460 g/mol. The monoisotopic (exact) mass is 488 g/mol. The molecule has 7 N–H and O–H groups in total. The van der Waals surface area contributed by atoms with Gasteiger partial charge in [-0.2, -0.15) is 0 Å². The molecule has 0 aliphatic heterocycles. The van der Waals surface area contributed by atoms with E-state index in [0.717, 1.165) is 6.92 Å². The number of hydrogen-bond donors (Lipinski definition) is 7. The Balaban J connectivity index is 5.61. The number of nitrogens with one attached hydrogen (secondary N) is 4. The zero-order chi connectivity index (χ0) is 26.6. The van der Waals surface area contributed by atoms with Crippen LogP contribution in [-0.4, -0.2) is 87.3 Å². The highest BCUT2D eigenvalue weighted by atomic mass is 16.4. The predicted molar refractivity (Wildman–Crippen MR) is 111 cm³/mol. The molecule has 4 atom stereocenters. The quantitative estimate of drug-likeness (QED) is 0.116. The van der Waals surface area contributed by atoms with E-state index >= 15 is 0 Å². The van der Waals surface area contributed by atoms with Gasteiger partial charge in [-0.3, -0.25) is 33.6 Å². The van der Waals surface area contributed by atoms with Crippen molar-refractivity contribution in [2.75, 3.05) is 0 Å². The molecule has 34 heavy (non-hydrogen) atoms. The molecule has 0 aromatic heterocycles. The van der Waals surface area contributed by atoms with Crippen molar-refractivity contribution in [3.63, 3.8) is 0 Å². The molecular formula is C19H28N4O11. The molecule has 4 amide bonds. The number of amides is 4. The standard InChI is InChI=1S/C19H28N4O11/c1-8(2)16(19(34)21-10(7-24)4-13(26)27)23-18(33)12(6-15(30)31)22-17(32)11(5-14(28)29)20-9(3)25/h7-8,10-12,16H,4-6H2,1-3H3,(H,20,25)(H,21,34)(H,22,32)(H,23,33)(H,26,27)(H,28,29)(H,30,31)/t10-,11-,12-,16-/m0/s1. The molecule has 0 aliphatic carbocycles. The molecule has 0 fully saturated rings. The third kappa shape index (κ3) is 11.5. The van der Waals surface area contributed by atoms with Crippen LogP contribution in [-0.2, 0) is 38.4 Å². The molecule has 0 unspecified atom stereocenters. The van der Waals surface area contributed by atoms with Crippen LogP contribution < -0.4 is 21.3 Å². The number of carboxylic acids is 3. The third-order valence-electron chi connectivity index (χ3n) is 4.22. The summed E-state index contributed by atoms with van der Waals surface area (Å²) in [5.41, 5.74) is 0. The van der Waals surface area contributed by atoms with E-state index in [1.54, 1.807) is 0 Å². The second-order valence-electron chi connectivity index (χ2n) is 7.59. The summed E-state index contributed by atoms with van der Waals surface area (Å²) < 4.78 is 0. The van der Waals surface area contributed by atoms with Crippen LogP contribution in [0, 0.1) is 5.92 Å². The minimum atomic E-state index is -1.76. The molecule has 0 saturated heterocycles. The summed E-state index contributed by atoms with van der Waals surface area (Å²) in [7, 11) is 0. The van der Waals surface area contributed by atoms with Crippen molar-refractivity contribution in [2.45, 2.75) is 64.2 Å². The first-order chi connectivity index (χ1) is 15.7. The van der Waals surface area contributed by atoms with Crippen molar-refractivity contribution in [1.82, 2.24) is 21.3 Å². The topological polar surface area (TPSA) is 245 Å². The summed E-state index contributed by atoms with van der Waals surface area (Å²) in [6.45, 7) is 4.02. The zero-order valence-corrected chi connectivity index (χ0v) is 18.7. The summed E-state index contributed by atoms with van der Waals surface area (Å²) in [5.74, 6) is -8.87. The summed E-state index contributed by atoms with van der Waals surface area (Å²) in [4.78, 5) is 92.8. The lowest BCUT2D eigenvalue weighted by molar-refractivity contribution is -0.143. The van der Waals surface area contributed by atoms with E-state index in [1.165, 1.54) is 13.8 Å². The van der Waals surface area contributed by atoms with Gasteiger partial charge in [0.25, 0.3) is 0 Å². The number of carbonyl (C=O) groups is 8. The van der Waals surface area contributed by atoms with Crippen LogP contribution in [0.1, 0.15) is 40.0 Å². The van der Waals surface area contributed by atoms with Gasteiger partial charge in [0, 0.05) is 6.92 Å². The second-order valence-corrected chi connectivity index (χ2v) is 7.59. The van der Waals surface area contributed by atoms with Gasteiger partial charge in [0.1, 0.15) is 24.4 Å². The van der Waals surface area contributed by atoms with Crippen molar-refractivity contribution in [1.29, 1.82) is 0 Å². The molecule has 15 nitrogen and oxygen atoms in total. The lowest BCUT2D eigenvalue weighted by Crippen LogP contribution is -2.59. The molecule has 190 valence electrons. The number of hydrogen-bond acceptors (Lipinski definition) is 8. The van der Waals surface area contributed by atoms with E-state index in [1.807, 2.05) is 5.32 Å². The molecule has 0 aliphatic rings. The maximum absolute atomic E-state index is 12.7. The maximum Gasteiger partial charge on any atom is 0.305 e. The Labute approximate surface area is 193 Å². The third-order valence-corrected chi connectivity index (χ3v) is 4.22. The molecule has 15 heteroatoms. The largest absolute Gasteiger partial charge is 0.481 e. The lowest BCUT2D eigenvalue weighted by Gasteiger charge is -2.26. The van der Waals surface area contributed by atoms with Gasteiger partial charge in [0.05, 0.1) is 25.3 Å². The minimum Gasteiger partial charge on any atom is -0.481 e. The first kappa shape index (κ1) is 30.0. The maximum atomic E-state index is 12.7. The van der Waals surface area contributed by atoms with Crippen LogP contribution in [0.3, 0.4) is 0 Å². The van der Waals surface area contributed by atoms with E-state index in [4.69, 9.17) is 15.3 Å². The van der Waals surface area contributed by atoms with Crippen LogP contribution in [0.4, 0.5) is 0 Å². The van der Waals surface area contributed by atoms with Crippen LogP contribution in [0.25, 0.3) is 0 Å². The molecule has 0 spiro atoms. The number of rotatable bonds is 15. The molecule has 0 heterocycles. The highest BCUT2D eigenvalue weighted by molar-refractivity contribution is 5.97. The average Bonchev–Trinajstić information content (AvgIpc) is 2.68. The smallest absolute Gasteiger partial charge is 0.305 e. The fraction of sp³-hybridized carbons (Fsp3) is 0.579. The first-order valence-electron chi connectivity index (χ1n) is 9.96. The predicted octanol–water partition coefficient (Wildman–Crippen LogP) is -2.78. The fourth-order valence-electron chi connectivity index (χ4n) is 2.67. The van der Waals surface area contributed by atoms with Gasteiger partial charge in [-0.15, -0.1) is 0 Å². The van der Waals surface area contributed by atoms with Crippen LogP contribution >= 0.6 is 0 Å². The number of aliphatic carboxylic acids is 3. The number of carbonyl (C=O) groups excluding carboxylic acids is 5. The Kier molecular flexibility index (Phi) is 12.5. The molecule has 0 aromatic rings. The Morgan fingerprint density at radius 1 is 0.676 bits per heavy atom. The fourth-order valence-corrected chi connectivity index (χ4v) is 2.67. The molecule has 0 radical (unpaired) electrons. The van der Waals surface area contributed by atoms with Crippen molar-refractivity contribution < 1.29 is 53.7 Å². The van der Waals surface area contributed by atoms with Crippen molar-refractivity contribution in [3.05, 3.63) is 0 Å². The minimum absolute atomic E-state index is 0.198. The highest BCUT2D eigenvalue weighted by Gasteiger charge is 2.33. The number of carboxylic acid groups (broad SMARTS) is 3. The van der Waals surface area contributed by atoms with Gasteiger partial charge < -0.3 is 41.4 Å². The van der Waals surface area contributed by atoms with Crippen LogP contribution in [0.5, 0.6) is 0 Å². The molecule has 0 aromatic carbocycles. The van der Waals surface area contributed by atoms with Gasteiger partial charge in [0.2, 0.25) is 23.6 Å². The normalized spacial score (nSPS) is 14.0. The Bertz CT molecular complexity index is 811. The highest BCUT2D eigenvalue weighted by Crippen LogP contribution is 2.06. The van der Waals surface area contributed by atoms with Crippen molar-refractivity contribution >= 4 is 47.8 Å². The molecule has 0 saturated carbocycles. The summed E-state index contributed by atoms with van der Waals surface area (Å²) >= 11 is 0. The first-order valence-corrected chi connectivity index (χ1v) is 9.96. The van der Waals surface area contributed by atoms with Crippen molar-refractivity contribution in [2.24, 2.45) is 5.92 Å². The van der Waals surface area contributed by atoms with Gasteiger partial charge >= 0.3 is 17.9 Å². The van der Waals surface area contributed by atoms with Gasteiger partial charge in [-0.25, -0.2) is 0 Å². The average molecular weight is 488 g/mol. The molecule has 0 rings (SSSR count). The molecule has 0 bridgehead atoms. The van der Waals surface area contributed by atoms with Gasteiger partial charge in [0.15, 0.2) is 0 Å². The van der Waals surface area contributed by atoms with E-state index in [2.05, 4.69) is 16.0 Å². The lowest BCUT2D eigenvalue weighted by atomic mass is 10.0. The Hall–Kier alpha value is -4.04. The zero-order valence-electron chi connectivity index (χ0n) is 18.7. The van der Waals surface area contributed by atoms with Crippen LogP contribution in [0.2, 0.25) is 0 Å². The van der Waals surface area contributed by atoms with E-state index in [9.17, 15) is 38.4 Å². The Morgan fingerprint density at radius 2 is 1.12 bits per heavy atom. The SMILES string of the molecule is CC(=O)N[C@@H](CC(=O)O)C(=O)N[C@@H](CC(=O)O)C(=O)N[C@H](C(=O)N[C@H](C=O)CC(=O)O)C(C)C. The number of aldehydes is 1. The van der Waals surface area contributed by atoms with Gasteiger partial charge in [-0.1, -0.05) is 13.8 Å². The van der Waals surface area contributed by atoms with Crippen molar-refractivity contribution in [3.8, 4) is 0 Å². The summed E-state index contributed by atoms with van der Waals surface area (Å²) in [6.07, 6.45) is -2.30. The van der Waals surface area contributed by atoms with Crippen LogP contribution in [0.15, 0.2) is 0 Å². The summed E-state index contributed by atoms with van der Waals surface area (Å²) in [6, 6.07) is -6.09. The van der Waals surface area contributed by atoms with E-state index < -0.39 is 90.9 Å².